The van der Waals surface area contributed by atoms with Gasteiger partial charge in [-0.1, -0.05) is 11.6 Å². The summed E-state index contributed by atoms with van der Waals surface area (Å²) in [7, 11) is 3.91. The molecular formula is C18H19ClN6. The predicted molar refractivity (Wildman–Crippen MR) is 99.7 cm³/mol. The number of hydrogen-bond acceptors (Lipinski definition) is 6. The van der Waals surface area contributed by atoms with Gasteiger partial charge in [0.15, 0.2) is 5.82 Å². The fourth-order valence-electron chi connectivity index (χ4n) is 2.47. The molecule has 0 saturated carbocycles. The standard InChI is InChI=1S/C18H19ClN6/c1-24(12-14-3-7-20-8-4-14)17-16(19)11-22-18(23-17)25(2)13-15-5-9-21-10-6-15/h3-11H,12-13H2,1-2H3. The minimum absolute atomic E-state index is 0.526. The Morgan fingerprint density at radius 3 is 1.92 bits per heavy atom. The molecule has 0 aliphatic carbocycles. The van der Waals surface area contributed by atoms with Crippen LogP contribution in [0.15, 0.2) is 55.2 Å². The van der Waals surface area contributed by atoms with Crippen molar-refractivity contribution in [2.24, 2.45) is 0 Å². The summed E-state index contributed by atoms with van der Waals surface area (Å²) in [5.74, 6) is 1.32. The van der Waals surface area contributed by atoms with E-state index in [-0.39, 0.29) is 0 Å². The van der Waals surface area contributed by atoms with Gasteiger partial charge in [-0.15, -0.1) is 0 Å². The number of pyridine rings is 2. The molecule has 0 aliphatic rings. The summed E-state index contributed by atoms with van der Waals surface area (Å²) in [5.41, 5.74) is 2.28. The minimum atomic E-state index is 0.526. The molecule has 0 spiro atoms. The lowest BCUT2D eigenvalue weighted by atomic mass is 10.2. The highest BCUT2D eigenvalue weighted by atomic mass is 35.5. The number of halogens is 1. The van der Waals surface area contributed by atoms with Gasteiger partial charge < -0.3 is 9.80 Å². The first-order valence-corrected chi connectivity index (χ1v) is 8.24. The van der Waals surface area contributed by atoms with Crippen molar-refractivity contribution >= 4 is 23.4 Å². The second-order valence-corrected chi connectivity index (χ2v) is 6.17. The van der Waals surface area contributed by atoms with Crippen LogP contribution in [0.25, 0.3) is 0 Å². The van der Waals surface area contributed by atoms with E-state index in [9.17, 15) is 0 Å². The number of nitrogens with zero attached hydrogens (tertiary/aromatic N) is 6. The SMILES string of the molecule is CN(Cc1ccncc1)c1ncc(Cl)c(N(C)Cc2ccncc2)n1. The van der Waals surface area contributed by atoms with Crippen LogP contribution in [0.1, 0.15) is 11.1 Å². The fourth-order valence-corrected chi connectivity index (χ4v) is 2.71. The lowest BCUT2D eigenvalue weighted by Gasteiger charge is -2.22. The summed E-state index contributed by atoms with van der Waals surface area (Å²) in [6.45, 7) is 1.38. The topological polar surface area (TPSA) is 58.0 Å². The van der Waals surface area contributed by atoms with Crippen molar-refractivity contribution in [1.82, 2.24) is 19.9 Å². The van der Waals surface area contributed by atoms with Gasteiger partial charge in [0.2, 0.25) is 5.95 Å². The fraction of sp³-hybridized carbons (Fsp3) is 0.222. The molecule has 6 nitrogen and oxygen atoms in total. The third-order valence-corrected chi connectivity index (χ3v) is 4.02. The molecule has 0 fully saturated rings. The summed E-state index contributed by atoms with van der Waals surface area (Å²) >= 11 is 6.32. The van der Waals surface area contributed by atoms with E-state index in [1.165, 1.54) is 0 Å². The predicted octanol–water partition coefficient (Wildman–Crippen LogP) is 3.19. The smallest absolute Gasteiger partial charge is 0.227 e. The van der Waals surface area contributed by atoms with Crippen LogP contribution in [0.2, 0.25) is 5.02 Å². The van der Waals surface area contributed by atoms with Crippen molar-refractivity contribution in [3.8, 4) is 0 Å². The molecule has 3 aromatic rings. The van der Waals surface area contributed by atoms with Gasteiger partial charge in [-0.25, -0.2) is 4.98 Å². The van der Waals surface area contributed by atoms with Crippen molar-refractivity contribution in [2.75, 3.05) is 23.9 Å². The molecule has 0 aromatic carbocycles. The number of hydrogen-bond donors (Lipinski definition) is 0. The Labute approximate surface area is 152 Å². The molecule has 0 saturated heterocycles. The molecule has 3 aromatic heterocycles. The highest BCUT2D eigenvalue weighted by Gasteiger charge is 2.13. The van der Waals surface area contributed by atoms with Crippen LogP contribution in [0.4, 0.5) is 11.8 Å². The highest BCUT2D eigenvalue weighted by Crippen LogP contribution is 2.25. The van der Waals surface area contributed by atoms with E-state index in [0.29, 0.717) is 29.9 Å². The Hall–Kier alpha value is -2.73. The average Bonchev–Trinajstić information content (AvgIpc) is 2.63. The summed E-state index contributed by atoms with van der Waals surface area (Å²) in [6.07, 6.45) is 8.75. The van der Waals surface area contributed by atoms with Crippen molar-refractivity contribution in [3.05, 3.63) is 71.4 Å². The largest absolute Gasteiger partial charge is 0.354 e. The van der Waals surface area contributed by atoms with Crippen molar-refractivity contribution in [3.63, 3.8) is 0 Å². The maximum Gasteiger partial charge on any atom is 0.227 e. The van der Waals surface area contributed by atoms with E-state index in [1.807, 2.05) is 48.2 Å². The zero-order valence-corrected chi connectivity index (χ0v) is 14.9. The zero-order chi connectivity index (χ0) is 17.6. The molecule has 0 bridgehead atoms. The van der Waals surface area contributed by atoms with Gasteiger partial charge in [0, 0.05) is 52.0 Å². The van der Waals surface area contributed by atoms with Crippen molar-refractivity contribution in [1.29, 1.82) is 0 Å². The Kier molecular flexibility index (Phi) is 5.40. The monoisotopic (exact) mass is 354 g/mol. The van der Waals surface area contributed by atoms with Crippen LogP contribution in [-0.4, -0.2) is 34.0 Å². The molecule has 128 valence electrons. The summed E-state index contributed by atoms with van der Waals surface area (Å²) in [6, 6.07) is 7.90. The summed E-state index contributed by atoms with van der Waals surface area (Å²) in [5, 5.41) is 0.526. The van der Waals surface area contributed by atoms with Crippen LogP contribution in [0, 0.1) is 0 Å². The van der Waals surface area contributed by atoms with E-state index in [0.717, 1.165) is 11.1 Å². The number of rotatable bonds is 6. The Morgan fingerprint density at radius 2 is 1.36 bits per heavy atom. The van der Waals surface area contributed by atoms with Gasteiger partial charge in [0.25, 0.3) is 0 Å². The number of anilines is 2. The summed E-state index contributed by atoms with van der Waals surface area (Å²) < 4.78 is 0. The summed E-state index contributed by atoms with van der Waals surface area (Å²) in [4.78, 5) is 21.1. The van der Waals surface area contributed by atoms with Crippen molar-refractivity contribution < 1.29 is 0 Å². The molecule has 0 radical (unpaired) electrons. The maximum absolute atomic E-state index is 6.32. The third-order valence-electron chi connectivity index (χ3n) is 3.75. The maximum atomic E-state index is 6.32. The third kappa shape index (κ3) is 4.42. The first kappa shape index (κ1) is 17.1. The highest BCUT2D eigenvalue weighted by molar-refractivity contribution is 6.32. The zero-order valence-electron chi connectivity index (χ0n) is 14.2. The molecule has 7 heteroatoms. The lowest BCUT2D eigenvalue weighted by molar-refractivity contribution is 0.840. The quantitative estimate of drug-likeness (QED) is 0.677. The molecule has 0 atom stereocenters. The van der Waals surface area contributed by atoms with Crippen LogP contribution in [0.5, 0.6) is 0 Å². The molecular weight excluding hydrogens is 336 g/mol. The average molecular weight is 355 g/mol. The van der Waals surface area contributed by atoms with Gasteiger partial charge in [-0.05, 0) is 35.4 Å². The van der Waals surface area contributed by atoms with E-state index >= 15 is 0 Å². The minimum Gasteiger partial charge on any atom is -0.354 e. The van der Waals surface area contributed by atoms with Gasteiger partial charge in [-0.2, -0.15) is 4.98 Å². The van der Waals surface area contributed by atoms with E-state index in [2.05, 4.69) is 19.9 Å². The molecule has 3 heterocycles. The Balaban J connectivity index is 1.77. The van der Waals surface area contributed by atoms with Gasteiger partial charge >= 0.3 is 0 Å². The molecule has 0 N–H and O–H groups in total. The molecule has 3 rings (SSSR count). The molecule has 25 heavy (non-hydrogen) atoms. The normalized spacial score (nSPS) is 10.5. The van der Waals surface area contributed by atoms with Gasteiger partial charge in [0.1, 0.15) is 5.02 Å². The van der Waals surface area contributed by atoms with E-state index < -0.39 is 0 Å². The van der Waals surface area contributed by atoms with Crippen molar-refractivity contribution in [2.45, 2.75) is 13.1 Å². The van der Waals surface area contributed by atoms with Gasteiger partial charge in [-0.3, -0.25) is 9.97 Å². The second-order valence-electron chi connectivity index (χ2n) is 5.76. The Morgan fingerprint density at radius 1 is 0.840 bits per heavy atom. The van der Waals surface area contributed by atoms with Crippen LogP contribution in [-0.2, 0) is 13.1 Å². The van der Waals surface area contributed by atoms with Crippen LogP contribution >= 0.6 is 11.6 Å². The second kappa shape index (κ2) is 7.90. The Bertz CT molecular complexity index is 812. The first-order valence-electron chi connectivity index (χ1n) is 7.86. The van der Waals surface area contributed by atoms with Gasteiger partial charge in [0.05, 0.1) is 6.20 Å². The molecule has 0 unspecified atom stereocenters. The lowest BCUT2D eigenvalue weighted by Crippen LogP contribution is -2.23. The molecule has 0 amide bonds. The van der Waals surface area contributed by atoms with Crippen LogP contribution < -0.4 is 9.80 Å². The van der Waals surface area contributed by atoms with E-state index in [4.69, 9.17) is 11.6 Å². The first-order chi connectivity index (χ1) is 12.1. The van der Waals surface area contributed by atoms with E-state index in [1.54, 1.807) is 31.0 Å². The van der Waals surface area contributed by atoms with Crippen LogP contribution in [0.3, 0.4) is 0 Å². The molecule has 0 aliphatic heterocycles. The number of aromatic nitrogens is 4.